The largest absolute Gasteiger partial charge is 0.481 e. The number of benzene rings is 2. The van der Waals surface area contributed by atoms with E-state index in [0.29, 0.717) is 17.1 Å². The molecule has 0 aromatic heterocycles. The van der Waals surface area contributed by atoms with Gasteiger partial charge in [-0.05, 0) is 42.7 Å². The summed E-state index contributed by atoms with van der Waals surface area (Å²) in [7, 11) is 0. The number of hydrogen-bond acceptors (Lipinski definition) is 5. The first-order valence-corrected chi connectivity index (χ1v) is 7.42. The summed E-state index contributed by atoms with van der Waals surface area (Å²) in [6, 6.07) is 15.9. The Bertz CT molecular complexity index is 662. The standard InChI is InChI=1S/C16H13NO3S/c1-21-14-8-6-13(7-9-14)20-16(18)11-19-15-5-3-2-4-12(15)10-17/h2-9H,11H2,1H3. The lowest BCUT2D eigenvalue weighted by molar-refractivity contribution is -0.136. The van der Waals surface area contributed by atoms with Crippen molar-refractivity contribution in [2.45, 2.75) is 4.90 Å². The lowest BCUT2D eigenvalue weighted by Crippen LogP contribution is -2.18. The number of para-hydroxylation sites is 1. The minimum absolute atomic E-state index is 0.247. The first kappa shape index (κ1) is 14.9. The van der Waals surface area contributed by atoms with Gasteiger partial charge in [0.2, 0.25) is 0 Å². The number of rotatable bonds is 5. The normalized spacial score (nSPS) is 9.71. The first-order valence-electron chi connectivity index (χ1n) is 6.19. The lowest BCUT2D eigenvalue weighted by Gasteiger charge is -2.08. The van der Waals surface area contributed by atoms with Crippen molar-refractivity contribution >= 4 is 17.7 Å². The Hall–Kier alpha value is -2.45. The fourth-order valence-corrected chi connectivity index (χ4v) is 2.03. The molecule has 0 unspecified atom stereocenters. The van der Waals surface area contributed by atoms with Crippen molar-refractivity contribution in [2.75, 3.05) is 12.9 Å². The number of esters is 1. The number of ether oxygens (including phenoxy) is 2. The molecule has 0 aliphatic heterocycles. The van der Waals surface area contributed by atoms with Crippen LogP contribution in [-0.2, 0) is 4.79 Å². The summed E-state index contributed by atoms with van der Waals surface area (Å²) in [6.45, 7) is -0.247. The predicted octanol–water partition coefficient (Wildman–Crippen LogP) is 3.26. The molecule has 21 heavy (non-hydrogen) atoms. The van der Waals surface area contributed by atoms with Crippen molar-refractivity contribution in [1.29, 1.82) is 5.26 Å². The second-order valence-corrected chi connectivity index (χ2v) is 4.93. The van der Waals surface area contributed by atoms with E-state index in [9.17, 15) is 4.79 Å². The fraction of sp³-hybridized carbons (Fsp3) is 0.125. The highest BCUT2D eigenvalue weighted by Crippen LogP contribution is 2.19. The van der Waals surface area contributed by atoms with Crippen LogP contribution in [0.25, 0.3) is 0 Å². The van der Waals surface area contributed by atoms with Gasteiger partial charge in [0.05, 0.1) is 5.56 Å². The molecule has 0 aliphatic carbocycles. The maximum atomic E-state index is 11.7. The van der Waals surface area contributed by atoms with E-state index in [0.717, 1.165) is 4.90 Å². The Balaban J connectivity index is 1.91. The number of carbonyl (C=O) groups excluding carboxylic acids is 1. The summed E-state index contributed by atoms with van der Waals surface area (Å²) in [5.74, 6) is 0.323. The van der Waals surface area contributed by atoms with Crippen LogP contribution in [0, 0.1) is 11.3 Å². The van der Waals surface area contributed by atoms with Crippen LogP contribution in [0.5, 0.6) is 11.5 Å². The van der Waals surface area contributed by atoms with Crippen molar-refractivity contribution in [3.8, 4) is 17.6 Å². The maximum absolute atomic E-state index is 11.7. The Morgan fingerprint density at radius 1 is 1.19 bits per heavy atom. The third-order valence-corrected chi connectivity index (χ3v) is 3.39. The molecular formula is C16H13NO3S. The Morgan fingerprint density at radius 2 is 1.90 bits per heavy atom. The number of thioether (sulfide) groups is 1. The van der Waals surface area contributed by atoms with Gasteiger partial charge in [0, 0.05) is 4.90 Å². The van der Waals surface area contributed by atoms with E-state index in [1.54, 1.807) is 48.2 Å². The molecule has 0 heterocycles. The summed E-state index contributed by atoms with van der Waals surface area (Å²) in [6.07, 6.45) is 1.97. The number of carbonyl (C=O) groups is 1. The minimum atomic E-state index is -0.514. The summed E-state index contributed by atoms with van der Waals surface area (Å²) >= 11 is 1.61. The van der Waals surface area contributed by atoms with Gasteiger partial charge in [-0.1, -0.05) is 12.1 Å². The molecule has 0 atom stereocenters. The molecular weight excluding hydrogens is 286 g/mol. The van der Waals surface area contributed by atoms with E-state index in [-0.39, 0.29) is 6.61 Å². The topological polar surface area (TPSA) is 59.3 Å². The number of nitriles is 1. The summed E-state index contributed by atoms with van der Waals surface area (Å²) in [5.41, 5.74) is 0.384. The molecule has 4 nitrogen and oxygen atoms in total. The van der Waals surface area contributed by atoms with Gasteiger partial charge in [-0.25, -0.2) is 4.79 Å². The Kier molecular flexibility index (Phi) is 5.24. The van der Waals surface area contributed by atoms with E-state index < -0.39 is 5.97 Å². The van der Waals surface area contributed by atoms with Crippen molar-refractivity contribution in [2.24, 2.45) is 0 Å². The molecule has 0 aliphatic rings. The third-order valence-electron chi connectivity index (χ3n) is 2.64. The second kappa shape index (κ2) is 7.36. The van der Waals surface area contributed by atoms with Crippen LogP contribution in [0.4, 0.5) is 0 Å². The lowest BCUT2D eigenvalue weighted by atomic mass is 10.2. The quantitative estimate of drug-likeness (QED) is 0.482. The van der Waals surface area contributed by atoms with Crippen LogP contribution in [-0.4, -0.2) is 18.8 Å². The van der Waals surface area contributed by atoms with Gasteiger partial charge >= 0.3 is 5.97 Å². The van der Waals surface area contributed by atoms with Crippen molar-refractivity contribution in [3.05, 3.63) is 54.1 Å². The highest BCUT2D eigenvalue weighted by atomic mass is 32.2. The molecule has 0 amide bonds. The summed E-state index contributed by atoms with van der Waals surface area (Å²) < 4.78 is 10.5. The number of nitrogens with zero attached hydrogens (tertiary/aromatic N) is 1. The summed E-state index contributed by atoms with van der Waals surface area (Å²) in [4.78, 5) is 12.8. The SMILES string of the molecule is CSc1ccc(OC(=O)COc2ccccc2C#N)cc1. The van der Waals surface area contributed by atoms with Crippen molar-refractivity contribution in [3.63, 3.8) is 0 Å². The monoisotopic (exact) mass is 299 g/mol. The van der Waals surface area contributed by atoms with E-state index in [1.807, 2.05) is 24.5 Å². The molecule has 0 N–H and O–H groups in total. The van der Waals surface area contributed by atoms with Gasteiger partial charge in [0.25, 0.3) is 0 Å². The van der Waals surface area contributed by atoms with Crippen LogP contribution in [0.15, 0.2) is 53.4 Å². The van der Waals surface area contributed by atoms with Gasteiger partial charge in [-0.2, -0.15) is 5.26 Å². The van der Waals surface area contributed by atoms with Crippen LogP contribution in [0.2, 0.25) is 0 Å². The second-order valence-electron chi connectivity index (χ2n) is 4.05. The zero-order chi connectivity index (χ0) is 15.1. The molecule has 5 heteroatoms. The first-order chi connectivity index (χ1) is 10.2. The molecule has 2 aromatic carbocycles. The molecule has 0 saturated carbocycles. The Labute approximate surface area is 127 Å². The van der Waals surface area contributed by atoms with E-state index in [1.165, 1.54) is 0 Å². The van der Waals surface area contributed by atoms with Gasteiger partial charge in [-0.3, -0.25) is 0 Å². The summed E-state index contributed by atoms with van der Waals surface area (Å²) in [5, 5.41) is 8.92. The highest BCUT2D eigenvalue weighted by molar-refractivity contribution is 7.98. The molecule has 0 saturated heterocycles. The third kappa shape index (κ3) is 4.26. The zero-order valence-corrected chi connectivity index (χ0v) is 12.2. The van der Waals surface area contributed by atoms with Gasteiger partial charge in [0.1, 0.15) is 17.6 Å². The molecule has 0 spiro atoms. The highest BCUT2D eigenvalue weighted by Gasteiger charge is 2.08. The van der Waals surface area contributed by atoms with Gasteiger partial charge < -0.3 is 9.47 Å². The maximum Gasteiger partial charge on any atom is 0.349 e. The van der Waals surface area contributed by atoms with E-state index in [4.69, 9.17) is 14.7 Å². The van der Waals surface area contributed by atoms with Gasteiger partial charge in [0.15, 0.2) is 6.61 Å². The molecule has 0 fully saturated rings. The molecule has 2 rings (SSSR count). The van der Waals surface area contributed by atoms with Crippen LogP contribution in [0.1, 0.15) is 5.56 Å². The number of hydrogen-bond donors (Lipinski definition) is 0. The smallest absolute Gasteiger partial charge is 0.349 e. The zero-order valence-electron chi connectivity index (χ0n) is 11.4. The van der Waals surface area contributed by atoms with Gasteiger partial charge in [-0.15, -0.1) is 11.8 Å². The average Bonchev–Trinajstić information content (AvgIpc) is 2.54. The van der Waals surface area contributed by atoms with Crippen molar-refractivity contribution in [1.82, 2.24) is 0 Å². The van der Waals surface area contributed by atoms with Crippen LogP contribution in [0.3, 0.4) is 0 Å². The molecule has 0 bridgehead atoms. The van der Waals surface area contributed by atoms with Crippen LogP contribution < -0.4 is 9.47 Å². The fourth-order valence-electron chi connectivity index (χ4n) is 1.63. The van der Waals surface area contributed by atoms with Crippen molar-refractivity contribution < 1.29 is 14.3 Å². The Morgan fingerprint density at radius 3 is 2.57 bits per heavy atom. The van der Waals surface area contributed by atoms with Crippen LogP contribution >= 0.6 is 11.8 Å². The minimum Gasteiger partial charge on any atom is -0.481 e. The average molecular weight is 299 g/mol. The molecule has 2 aromatic rings. The van der Waals surface area contributed by atoms with E-state index >= 15 is 0 Å². The van der Waals surface area contributed by atoms with E-state index in [2.05, 4.69) is 0 Å². The molecule has 106 valence electrons. The molecule has 0 radical (unpaired) electrons. The predicted molar refractivity (Wildman–Crippen MR) is 80.5 cm³/mol.